The van der Waals surface area contributed by atoms with E-state index >= 15 is 0 Å². The van der Waals surface area contributed by atoms with Crippen molar-refractivity contribution in [3.05, 3.63) is 53.4 Å². The summed E-state index contributed by atoms with van der Waals surface area (Å²) < 4.78 is 7.40. The number of rotatable bonds is 7. The first-order chi connectivity index (χ1) is 13.8. The highest BCUT2D eigenvalue weighted by atomic mass is 16.5. The van der Waals surface area contributed by atoms with Gasteiger partial charge in [0, 0.05) is 23.5 Å². The lowest BCUT2D eigenvalue weighted by Gasteiger charge is -2.16. The van der Waals surface area contributed by atoms with Gasteiger partial charge in [0.1, 0.15) is 5.75 Å². The molecule has 0 atom stereocenters. The summed E-state index contributed by atoms with van der Waals surface area (Å²) in [7, 11) is 1.60. The minimum atomic E-state index is -1.06. The van der Waals surface area contributed by atoms with Crippen LogP contribution in [0.4, 0.5) is 11.6 Å². The number of benzene rings is 1. The summed E-state index contributed by atoms with van der Waals surface area (Å²) in [6.07, 6.45) is 4.19. The molecule has 1 aromatic carbocycles. The second-order valence-corrected chi connectivity index (χ2v) is 7.01. The van der Waals surface area contributed by atoms with Gasteiger partial charge in [0.15, 0.2) is 5.69 Å². The molecule has 2 heterocycles. The summed E-state index contributed by atoms with van der Waals surface area (Å²) in [5, 5.41) is 12.7. The van der Waals surface area contributed by atoms with E-state index in [1.54, 1.807) is 13.4 Å². The van der Waals surface area contributed by atoms with Crippen LogP contribution in [0.15, 0.2) is 30.7 Å². The monoisotopic (exact) mass is 395 g/mol. The van der Waals surface area contributed by atoms with E-state index in [2.05, 4.69) is 20.3 Å². The Morgan fingerprint density at radius 1 is 1.31 bits per heavy atom. The Balaban J connectivity index is 2.00. The van der Waals surface area contributed by atoms with E-state index < -0.39 is 5.97 Å². The molecule has 3 aromatic rings. The molecule has 152 valence electrons. The van der Waals surface area contributed by atoms with E-state index in [4.69, 9.17) is 4.74 Å². The number of carbonyl (C=O) groups is 1. The van der Waals surface area contributed by atoms with Gasteiger partial charge in [-0.25, -0.2) is 19.7 Å². The zero-order chi connectivity index (χ0) is 21.1. The van der Waals surface area contributed by atoms with Gasteiger partial charge in [0.25, 0.3) is 0 Å². The number of anilines is 2. The Morgan fingerprint density at radius 2 is 2.07 bits per heavy atom. The van der Waals surface area contributed by atoms with Crippen LogP contribution in [-0.2, 0) is 6.42 Å². The van der Waals surface area contributed by atoms with Gasteiger partial charge in [0.2, 0.25) is 5.95 Å². The van der Waals surface area contributed by atoms with Gasteiger partial charge in [-0.1, -0.05) is 20.8 Å². The molecule has 29 heavy (non-hydrogen) atoms. The van der Waals surface area contributed by atoms with Crippen LogP contribution in [0.3, 0.4) is 0 Å². The first-order valence-corrected chi connectivity index (χ1v) is 9.44. The van der Waals surface area contributed by atoms with Gasteiger partial charge in [-0.15, -0.1) is 0 Å². The van der Waals surface area contributed by atoms with E-state index in [0.29, 0.717) is 23.4 Å². The number of nitrogens with zero attached hydrogens (tertiary/aromatic N) is 4. The molecule has 0 unspecified atom stereocenters. The van der Waals surface area contributed by atoms with Crippen molar-refractivity contribution in [1.29, 1.82) is 0 Å². The number of carboxylic acids is 1. The van der Waals surface area contributed by atoms with E-state index in [-0.39, 0.29) is 17.6 Å². The number of nitrogens with one attached hydrogen (secondary N) is 1. The summed E-state index contributed by atoms with van der Waals surface area (Å²) in [4.78, 5) is 24.8. The maximum Gasteiger partial charge on any atom is 0.354 e. The molecule has 2 aromatic heterocycles. The van der Waals surface area contributed by atoms with Crippen LogP contribution < -0.4 is 10.1 Å². The average molecular weight is 395 g/mol. The number of carboxylic acid groups (broad SMARTS) is 1. The Hall–Kier alpha value is -3.42. The second-order valence-electron chi connectivity index (χ2n) is 7.01. The predicted octanol–water partition coefficient (Wildman–Crippen LogP) is 4.11. The molecule has 0 spiro atoms. The second kappa shape index (κ2) is 8.30. The molecule has 8 heteroatoms. The molecule has 8 nitrogen and oxygen atoms in total. The average Bonchev–Trinajstić information content (AvgIpc) is 3.13. The fourth-order valence-electron chi connectivity index (χ4n) is 3.21. The molecule has 0 amide bonds. The normalized spacial score (nSPS) is 11.0. The number of hydrogen-bond donors (Lipinski definition) is 2. The summed E-state index contributed by atoms with van der Waals surface area (Å²) in [6.45, 7) is 7.80. The van der Waals surface area contributed by atoms with Gasteiger partial charge in [-0.05, 0) is 31.4 Å². The third-order valence-electron chi connectivity index (χ3n) is 4.57. The molecule has 0 bridgehead atoms. The summed E-state index contributed by atoms with van der Waals surface area (Å²) >= 11 is 0. The number of aromatic carboxylic acids is 1. The molecule has 0 saturated heterocycles. The topological polar surface area (TPSA) is 102 Å². The first kappa shape index (κ1) is 20.3. The molecule has 3 rings (SSSR count). The van der Waals surface area contributed by atoms with E-state index in [1.807, 2.05) is 56.7 Å². The number of imidazole rings is 1. The quantitative estimate of drug-likeness (QED) is 0.621. The molecule has 2 N–H and O–H groups in total. The van der Waals surface area contributed by atoms with Crippen LogP contribution in [0.2, 0.25) is 0 Å². The molecule has 0 radical (unpaired) electrons. The Morgan fingerprint density at radius 3 is 2.62 bits per heavy atom. The predicted molar refractivity (Wildman–Crippen MR) is 111 cm³/mol. The highest BCUT2D eigenvalue weighted by Gasteiger charge is 2.20. The van der Waals surface area contributed by atoms with Gasteiger partial charge in [0.05, 0.1) is 30.5 Å². The van der Waals surface area contributed by atoms with Crippen molar-refractivity contribution in [2.75, 3.05) is 12.4 Å². The number of ether oxygens (including phenoxy) is 1. The van der Waals surface area contributed by atoms with Gasteiger partial charge in [-0.3, -0.25) is 0 Å². The standard InChI is InChI=1S/C21H25N5O3/c1-6-15-18(12(2)3)24-21(25-19(15)20(27)28)23-14-7-8-16(17(9-14)29-5)26-10-13(4)22-11-26/h7-12H,6H2,1-5H3,(H,27,28)(H,23,24,25). The Labute approximate surface area is 169 Å². The molecule has 0 fully saturated rings. The minimum Gasteiger partial charge on any atom is -0.494 e. The van der Waals surface area contributed by atoms with Gasteiger partial charge < -0.3 is 19.7 Å². The minimum absolute atomic E-state index is 0.0335. The SMILES string of the molecule is CCc1c(C(=O)O)nc(Nc2ccc(-n3cnc(C)c3)c(OC)c2)nc1C(C)C. The maximum absolute atomic E-state index is 11.7. The fourth-order valence-corrected chi connectivity index (χ4v) is 3.21. The molecular formula is C21H25N5O3. The van der Waals surface area contributed by atoms with E-state index in [1.165, 1.54) is 0 Å². The van der Waals surface area contributed by atoms with Crippen LogP contribution >= 0.6 is 0 Å². The largest absolute Gasteiger partial charge is 0.494 e. The molecule has 0 saturated carbocycles. The van der Waals surface area contributed by atoms with Crippen molar-refractivity contribution in [2.45, 2.75) is 40.0 Å². The number of hydrogen-bond acceptors (Lipinski definition) is 6. The van der Waals surface area contributed by atoms with Crippen molar-refractivity contribution in [2.24, 2.45) is 0 Å². The number of aromatic nitrogens is 4. The molecule has 0 aliphatic carbocycles. The van der Waals surface area contributed by atoms with Crippen LogP contribution in [0.5, 0.6) is 5.75 Å². The van der Waals surface area contributed by atoms with Crippen molar-refractivity contribution in [3.63, 3.8) is 0 Å². The fraction of sp³-hybridized carbons (Fsp3) is 0.333. The lowest BCUT2D eigenvalue weighted by molar-refractivity contribution is 0.0689. The lowest BCUT2D eigenvalue weighted by Crippen LogP contribution is -2.14. The molecule has 0 aliphatic heterocycles. The molecule has 0 aliphatic rings. The van der Waals surface area contributed by atoms with Crippen molar-refractivity contribution < 1.29 is 14.6 Å². The third kappa shape index (κ3) is 4.21. The van der Waals surface area contributed by atoms with Gasteiger partial charge in [-0.2, -0.15) is 0 Å². The number of aryl methyl sites for hydroxylation is 1. The summed E-state index contributed by atoms with van der Waals surface area (Å²) in [6, 6.07) is 5.57. The summed E-state index contributed by atoms with van der Waals surface area (Å²) in [5.74, 6) is -0.0951. The lowest BCUT2D eigenvalue weighted by atomic mass is 10.0. The van der Waals surface area contributed by atoms with Crippen LogP contribution in [-0.4, -0.2) is 37.7 Å². The van der Waals surface area contributed by atoms with E-state index in [0.717, 1.165) is 17.1 Å². The third-order valence-corrected chi connectivity index (χ3v) is 4.57. The Kier molecular flexibility index (Phi) is 5.81. The van der Waals surface area contributed by atoms with Crippen LogP contribution in [0.1, 0.15) is 54.1 Å². The van der Waals surface area contributed by atoms with Crippen molar-refractivity contribution in [1.82, 2.24) is 19.5 Å². The Bertz CT molecular complexity index is 1040. The van der Waals surface area contributed by atoms with Crippen molar-refractivity contribution >= 4 is 17.6 Å². The molecular weight excluding hydrogens is 370 g/mol. The highest BCUT2D eigenvalue weighted by Crippen LogP contribution is 2.29. The maximum atomic E-state index is 11.7. The van der Waals surface area contributed by atoms with E-state index in [9.17, 15) is 9.90 Å². The van der Waals surface area contributed by atoms with Crippen molar-refractivity contribution in [3.8, 4) is 11.4 Å². The smallest absolute Gasteiger partial charge is 0.354 e. The zero-order valence-corrected chi connectivity index (χ0v) is 17.2. The summed E-state index contributed by atoms with van der Waals surface area (Å²) in [5.41, 5.74) is 3.88. The number of methoxy groups -OCH3 is 1. The van der Waals surface area contributed by atoms with Crippen LogP contribution in [0, 0.1) is 6.92 Å². The van der Waals surface area contributed by atoms with Crippen LogP contribution in [0.25, 0.3) is 5.69 Å². The highest BCUT2D eigenvalue weighted by molar-refractivity contribution is 5.88. The van der Waals surface area contributed by atoms with Gasteiger partial charge >= 0.3 is 5.97 Å². The first-order valence-electron chi connectivity index (χ1n) is 9.44. The zero-order valence-electron chi connectivity index (χ0n) is 17.2.